The Morgan fingerprint density at radius 3 is 2.32 bits per heavy atom. The number of aliphatic hydroxyl groups is 1. The van der Waals surface area contributed by atoms with Crippen molar-refractivity contribution in [1.29, 1.82) is 0 Å². The Kier molecular flexibility index (Phi) is 8.95. The standard InChI is InChI=1S/C26H28Cl2F3N7O3/c1-25(2,3)41-14-18(32)23-33-21(34-38(23)19-7-5-4-6-17(19)28)13-37-24(40)36(12-20(39)26(29,30)31)22(35-37)15-8-10-16(27)11-9-15/h4-11,18,20,39H,12-14,32H2,1-3H3. The summed E-state index contributed by atoms with van der Waals surface area (Å²) in [6, 6.07) is 12.1. The third-order valence-corrected chi connectivity index (χ3v) is 6.41. The van der Waals surface area contributed by atoms with E-state index in [0.717, 1.165) is 9.25 Å². The van der Waals surface area contributed by atoms with Crippen LogP contribution in [0, 0.1) is 0 Å². The summed E-state index contributed by atoms with van der Waals surface area (Å²) in [5.41, 5.74) is 5.82. The predicted molar refractivity (Wildman–Crippen MR) is 147 cm³/mol. The first-order valence-electron chi connectivity index (χ1n) is 12.4. The minimum atomic E-state index is -4.95. The molecule has 2 heterocycles. The first-order valence-corrected chi connectivity index (χ1v) is 13.2. The number of benzene rings is 2. The molecule has 0 aliphatic carbocycles. The highest BCUT2D eigenvalue weighted by Crippen LogP contribution is 2.26. The van der Waals surface area contributed by atoms with Gasteiger partial charge >= 0.3 is 11.9 Å². The fourth-order valence-corrected chi connectivity index (χ4v) is 4.16. The maximum absolute atomic E-state index is 13.3. The molecule has 10 nitrogen and oxygen atoms in total. The number of aliphatic hydroxyl groups excluding tert-OH is 1. The number of ether oxygens (including phenoxy) is 1. The Balaban J connectivity index is 1.77. The van der Waals surface area contributed by atoms with Crippen molar-refractivity contribution in [3.05, 3.63) is 80.7 Å². The molecule has 2 aromatic heterocycles. The zero-order chi connectivity index (χ0) is 30.1. The molecular weight excluding hydrogens is 586 g/mol. The van der Waals surface area contributed by atoms with Crippen molar-refractivity contribution in [2.75, 3.05) is 6.61 Å². The fraction of sp³-hybridized carbons (Fsp3) is 0.385. The topological polar surface area (TPSA) is 126 Å². The van der Waals surface area contributed by atoms with E-state index in [9.17, 15) is 23.1 Å². The van der Waals surface area contributed by atoms with Crippen LogP contribution in [-0.4, -0.2) is 58.7 Å². The third kappa shape index (κ3) is 7.35. The third-order valence-electron chi connectivity index (χ3n) is 5.83. The van der Waals surface area contributed by atoms with E-state index in [4.69, 9.17) is 33.7 Å². The average Bonchev–Trinajstić information content (AvgIpc) is 3.44. The van der Waals surface area contributed by atoms with Crippen molar-refractivity contribution in [2.24, 2.45) is 5.73 Å². The molecule has 15 heteroatoms. The highest BCUT2D eigenvalue weighted by atomic mass is 35.5. The number of hydrogen-bond donors (Lipinski definition) is 2. The molecule has 2 unspecified atom stereocenters. The van der Waals surface area contributed by atoms with Crippen LogP contribution in [0.2, 0.25) is 10.0 Å². The molecule has 4 rings (SSSR count). The lowest BCUT2D eigenvalue weighted by Crippen LogP contribution is -2.37. The van der Waals surface area contributed by atoms with E-state index >= 15 is 0 Å². The average molecular weight is 614 g/mol. The monoisotopic (exact) mass is 613 g/mol. The molecule has 2 atom stereocenters. The normalized spacial score (nSPS) is 13.9. The number of nitrogens with two attached hydrogens (primary N) is 1. The first kappa shape index (κ1) is 30.7. The Bertz CT molecular complexity index is 1560. The van der Waals surface area contributed by atoms with Crippen LogP contribution in [0.25, 0.3) is 17.1 Å². The van der Waals surface area contributed by atoms with E-state index in [0.29, 0.717) is 21.3 Å². The lowest BCUT2D eigenvalue weighted by molar-refractivity contribution is -0.207. The second-order valence-electron chi connectivity index (χ2n) is 10.2. The van der Waals surface area contributed by atoms with Gasteiger partial charge in [0.25, 0.3) is 0 Å². The Labute approximate surface area is 243 Å². The van der Waals surface area contributed by atoms with Crippen LogP contribution in [0.4, 0.5) is 13.2 Å². The zero-order valence-electron chi connectivity index (χ0n) is 22.3. The van der Waals surface area contributed by atoms with Gasteiger partial charge in [0.15, 0.2) is 23.6 Å². The molecule has 0 saturated heterocycles. The molecule has 0 spiro atoms. The largest absolute Gasteiger partial charge is 0.416 e. The number of alkyl halides is 3. The van der Waals surface area contributed by atoms with Gasteiger partial charge in [-0.05, 0) is 57.2 Å². The van der Waals surface area contributed by atoms with Crippen LogP contribution < -0.4 is 11.4 Å². The quantitative estimate of drug-likeness (QED) is 0.287. The Morgan fingerprint density at radius 2 is 1.71 bits per heavy atom. The van der Waals surface area contributed by atoms with Crippen molar-refractivity contribution in [2.45, 2.75) is 57.8 Å². The van der Waals surface area contributed by atoms with Gasteiger partial charge in [0.1, 0.15) is 6.54 Å². The van der Waals surface area contributed by atoms with Crippen LogP contribution in [0.3, 0.4) is 0 Å². The maximum Gasteiger partial charge on any atom is 0.416 e. The molecule has 0 amide bonds. The molecule has 4 aromatic rings. The van der Waals surface area contributed by atoms with Gasteiger partial charge in [-0.15, -0.1) is 10.2 Å². The molecule has 41 heavy (non-hydrogen) atoms. The SMILES string of the molecule is CC(C)(C)OCC(N)c1nc(Cn2nc(-c3ccc(Cl)cc3)n(CC(O)C(F)(F)F)c2=O)nn1-c1ccccc1Cl. The molecule has 220 valence electrons. The zero-order valence-corrected chi connectivity index (χ0v) is 23.8. The van der Waals surface area contributed by atoms with Gasteiger partial charge in [-0.2, -0.15) is 13.2 Å². The molecule has 2 aromatic carbocycles. The number of rotatable bonds is 9. The molecule has 0 fully saturated rings. The minimum Gasteiger partial charge on any atom is -0.382 e. The number of halogens is 5. The Hall–Kier alpha value is -3.23. The lowest BCUT2D eigenvalue weighted by Gasteiger charge is -2.22. The summed E-state index contributed by atoms with van der Waals surface area (Å²) in [7, 11) is 0. The van der Waals surface area contributed by atoms with Crippen molar-refractivity contribution < 1.29 is 23.0 Å². The maximum atomic E-state index is 13.3. The molecule has 0 radical (unpaired) electrons. The number of aromatic nitrogens is 6. The van der Waals surface area contributed by atoms with Gasteiger partial charge in [-0.3, -0.25) is 4.57 Å². The van der Waals surface area contributed by atoms with Crippen molar-refractivity contribution >= 4 is 23.2 Å². The van der Waals surface area contributed by atoms with Gasteiger partial charge in [-0.1, -0.05) is 35.3 Å². The van der Waals surface area contributed by atoms with E-state index in [2.05, 4.69) is 15.2 Å². The van der Waals surface area contributed by atoms with Gasteiger partial charge in [0.2, 0.25) is 0 Å². The van der Waals surface area contributed by atoms with Crippen LogP contribution in [0.1, 0.15) is 38.5 Å². The molecule has 0 aliphatic heterocycles. The summed E-state index contributed by atoms with van der Waals surface area (Å²) in [6.45, 7) is 4.34. The summed E-state index contributed by atoms with van der Waals surface area (Å²) in [6.07, 6.45) is -7.75. The second kappa shape index (κ2) is 11.9. The van der Waals surface area contributed by atoms with E-state index in [-0.39, 0.29) is 30.6 Å². The lowest BCUT2D eigenvalue weighted by atomic mass is 10.2. The highest BCUT2D eigenvalue weighted by molar-refractivity contribution is 6.32. The van der Waals surface area contributed by atoms with Gasteiger partial charge < -0.3 is 15.6 Å². The van der Waals surface area contributed by atoms with Crippen LogP contribution >= 0.6 is 23.2 Å². The van der Waals surface area contributed by atoms with E-state index < -0.39 is 36.2 Å². The first-order chi connectivity index (χ1) is 19.1. The molecular formula is C26H28Cl2F3N7O3. The summed E-state index contributed by atoms with van der Waals surface area (Å²) in [5, 5.41) is 19.2. The van der Waals surface area contributed by atoms with Crippen molar-refractivity contribution in [1.82, 2.24) is 29.1 Å². The summed E-state index contributed by atoms with van der Waals surface area (Å²) in [4.78, 5) is 17.8. The smallest absolute Gasteiger partial charge is 0.382 e. The predicted octanol–water partition coefficient (Wildman–Crippen LogP) is 4.39. The van der Waals surface area contributed by atoms with E-state index in [1.54, 1.807) is 24.3 Å². The van der Waals surface area contributed by atoms with Crippen LogP contribution in [0.15, 0.2) is 53.3 Å². The summed E-state index contributed by atoms with van der Waals surface area (Å²) >= 11 is 12.4. The highest BCUT2D eigenvalue weighted by Gasteiger charge is 2.39. The van der Waals surface area contributed by atoms with Crippen LogP contribution in [-0.2, 0) is 17.8 Å². The molecule has 0 bridgehead atoms. The van der Waals surface area contributed by atoms with Crippen molar-refractivity contribution in [3.8, 4) is 17.1 Å². The van der Waals surface area contributed by atoms with E-state index in [1.165, 1.54) is 28.9 Å². The number of hydrogen-bond acceptors (Lipinski definition) is 7. The molecule has 3 N–H and O–H groups in total. The summed E-state index contributed by atoms with van der Waals surface area (Å²) in [5.74, 6) is 0.281. The molecule has 0 aliphatic rings. The fourth-order valence-electron chi connectivity index (χ4n) is 3.82. The van der Waals surface area contributed by atoms with Gasteiger partial charge in [-0.25, -0.2) is 19.1 Å². The van der Waals surface area contributed by atoms with E-state index in [1.807, 2.05) is 20.8 Å². The van der Waals surface area contributed by atoms with Gasteiger partial charge in [0, 0.05) is 10.6 Å². The van der Waals surface area contributed by atoms with Crippen LogP contribution in [0.5, 0.6) is 0 Å². The van der Waals surface area contributed by atoms with Crippen molar-refractivity contribution in [3.63, 3.8) is 0 Å². The molecule has 0 saturated carbocycles. The number of nitrogens with zero attached hydrogens (tertiary/aromatic N) is 6. The minimum absolute atomic E-state index is 0.0940. The summed E-state index contributed by atoms with van der Waals surface area (Å²) < 4.78 is 48.5. The number of para-hydroxylation sites is 1. The van der Waals surface area contributed by atoms with Gasteiger partial charge in [0.05, 0.1) is 35.5 Å². The second-order valence-corrected chi connectivity index (χ2v) is 11.1. The Morgan fingerprint density at radius 1 is 1.05 bits per heavy atom.